The Kier molecular flexibility index (Phi) is 5.80. The highest BCUT2D eigenvalue weighted by molar-refractivity contribution is 7.13. The monoisotopic (exact) mass is 388 g/mol. The van der Waals surface area contributed by atoms with Gasteiger partial charge in [-0.25, -0.2) is 9.78 Å². The fraction of sp³-hybridized carbons (Fsp3) is 0.389. The summed E-state index contributed by atoms with van der Waals surface area (Å²) in [4.78, 5) is 47.3. The molecule has 1 fully saturated rings. The minimum atomic E-state index is -0.577. The number of hydrogen-bond acceptors (Lipinski definition) is 7. The number of hydrogen-bond donors (Lipinski definition) is 1. The van der Waals surface area contributed by atoms with Gasteiger partial charge in [0.25, 0.3) is 5.91 Å². The van der Waals surface area contributed by atoms with Crippen LogP contribution in [0.2, 0.25) is 0 Å². The van der Waals surface area contributed by atoms with Crippen molar-refractivity contribution in [2.45, 2.75) is 32.7 Å². The normalized spacial score (nSPS) is 16.2. The summed E-state index contributed by atoms with van der Waals surface area (Å²) in [5.74, 6) is -1.11. The van der Waals surface area contributed by atoms with Crippen LogP contribution in [-0.4, -0.2) is 51.8 Å². The van der Waals surface area contributed by atoms with Gasteiger partial charge in [0.2, 0.25) is 5.91 Å². The Labute approximate surface area is 160 Å². The minimum absolute atomic E-state index is 0.216. The Balaban J connectivity index is 1.80. The number of esters is 1. The molecule has 0 unspecified atom stereocenters. The molecule has 1 aliphatic heterocycles. The zero-order valence-corrected chi connectivity index (χ0v) is 15.9. The third kappa shape index (κ3) is 4.13. The van der Waals surface area contributed by atoms with Crippen molar-refractivity contribution in [2.24, 2.45) is 0 Å². The first-order valence-electron chi connectivity index (χ1n) is 8.66. The first kappa shape index (κ1) is 19.0. The van der Waals surface area contributed by atoms with Crippen LogP contribution in [0.5, 0.6) is 0 Å². The van der Waals surface area contributed by atoms with Crippen molar-refractivity contribution in [2.75, 3.05) is 18.5 Å². The van der Waals surface area contributed by atoms with Crippen molar-refractivity contribution >= 4 is 34.3 Å². The number of carbonyl (C=O) groups is 3. The van der Waals surface area contributed by atoms with Gasteiger partial charge in [-0.3, -0.25) is 14.6 Å². The van der Waals surface area contributed by atoms with Crippen molar-refractivity contribution in [1.29, 1.82) is 0 Å². The molecule has 142 valence electrons. The molecule has 1 saturated heterocycles. The zero-order valence-electron chi connectivity index (χ0n) is 15.1. The summed E-state index contributed by atoms with van der Waals surface area (Å²) in [6.45, 7) is 4.11. The van der Waals surface area contributed by atoms with Crippen LogP contribution in [0, 0.1) is 6.92 Å². The average molecular weight is 388 g/mol. The van der Waals surface area contributed by atoms with Gasteiger partial charge >= 0.3 is 5.97 Å². The lowest BCUT2D eigenvalue weighted by atomic mass is 10.1. The van der Waals surface area contributed by atoms with E-state index in [-0.39, 0.29) is 24.0 Å². The maximum Gasteiger partial charge on any atom is 0.339 e. The van der Waals surface area contributed by atoms with Crippen LogP contribution in [0.15, 0.2) is 23.8 Å². The summed E-state index contributed by atoms with van der Waals surface area (Å²) < 4.78 is 4.97. The third-order valence-corrected chi connectivity index (χ3v) is 5.00. The molecule has 0 aromatic carbocycles. The summed E-state index contributed by atoms with van der Waals surface area (Å²) in [7, 11) is 0. The number of thiazole rings is 1. The van der Waals surface area contributed by atoms with Crippen LogP contribution in [0.4, 0.5) is 5.13 Å². The van der Waals surface area contributed by atoms with Crippen LogP contribution < -0.4 is 5.32 Å². The number of amides is 2. The van der Waals surface area contributed by atoms with E-state index in [4.69, 9.17) is 4.74 Å². The van der Waals surface area contributed by atoms with E-state index < -0.39 is 12.0 Å². The van der Waals surface area contributed by atoms with E-state index in [9.17, 15) is 14.4 Å². The van der Waals surface area contributed by atoms with Crippen LogP contribution in [0.1, 0.15) is 46.2 Å². The molecule has 3 heterocycles. The Morgan fingerprint density at radius 3 is 2.89 bits per heavy atom. The molecule has 0 bridgehead atoms. The number of carbonyl (C=O) groups excluding carboxylic acids is 3. The van der Waals surface area contributed by atoms with Crippen LogP contribution >= 0.6 is 11.3 Å². The van der Waals surface area contributed by atoms with E-state index in [1.54, 1.807) is 25.4 Å². The van der Waals surface area contributed by atoms with Gasteiger partial charge in [0.05, 0.1) is 23.4 Å². The second-order valence-electron chi connectivity index (χ2n) is 6.06. The molecule has 2 aromatic heterocycles. The zero-order chi connectivity index (χ0) is 19.4. The molecule has 8 nitrogen and oxygen atoms in total. The van der Waals surface area contributed by atoms with Crippen LogP contribution in [0.25, 0.3) is 0 Å². The van der Waals surface area contributed by atoms with E-state index >= 15 is 0 Å². The number of rotatable bonds is 5. The van der Waals surface area contributed by atoms with Crippen molar-refractivity contribution < 1.29 is 19.1 Å². The molecule has 0 radical (unpaired) electrons. The number of likely N-dealkylation sites (tertiary alicyclic amines) is 1. The molecule has 27 heavy (non-hydrogen) atoms. The number of ether oxygens (including phenoxy) is 1. The molecule has 1 N–H and O–H groups in total. The van der Waals surface area contributed by atoms with E-state index in [0.29, 0.717) is 29.4 Å². The van der Waals surface area contributed by atoms with Gasteiger partial charge in [0.15, 0.2) is 5.13 Å². The van der Waals surface area contributed by atoms with Crippen molar-refractivity contribution in [3.05, 3.63) is 40.7 Å². The SMILES string of the molecule is CCOC(=O)c1cnc(C)c(C(=O)N2CCC[C@H]2C(=O)Nc2nccs2)c1. The molecule has 9 heteroatoms. The first-order chi connectivity index (χ1) is 13.0. The number of aryl methyl sites for hydroxylation is 1. The molecule has 1 atom stereocenters. The van der Waals surface area contributed by atoms with Crippen LogP contribution in [-0.2, 0) is 9.53 Å². The maximum atomic E-state index is 13.1. The predicted molar refractivity (Wildman–Crippen MR) is 99.7 cm³/mol. The molecular formula is C18H20N4O4S. The number of aromatic nitrogens is 2. The van der Waals surface area contributed by atoms with Gasteiger partial charge in [0.1, 0.15) is 6.04 Å². The fourth-order valence-electron chi connectivity index (χ4n) is 2.99. The van der Waals surface area contributed by atoms with Gasteiger partial charge in [-0.15, -0.1) is 11.3 Å². The number of nitrogens with one attached hydrogen (secondary N) is 1. The maximum absolute atomic E-state index is 13.1. The lowest BCUT2D eigenvalue weighted by molar-refractivity contribution is -0.119. The minimum Gasteiger partial charge on any atom is -0.462 e. The second-order valence-corrected chi connectivity index (χ2v) is 6.96. The first-order valence-corrected chi connectivity index (χ1v) is 9.54. The highest BCUT2D eigenvalue weighted by atomic mass is 32.1. The Morgan fingerprint density at radius 2 is 2.19 bits per heavy atom. The molecule has 0 saturated carbocycles. The quantitative estimate of drug-likeness (QED) is 0.789. The lowest BCUT2D eigenvalue weighted by Crippen LogP contribution is -2.43. The van der Waals surface area contributed by atoms with Gasteiger partial charge < -0.3 is 15.0 Å². The highest BCUT2D eigenvalue weighted by Gasteiger charge is 2.35. The second kappa shape index (κ2) is 8.26. The lowest BCUT2D eigenvalue weighted by Gasteiger charge is -2.24. The van der Waals surface area contributed by atoms with Crippen LogP contribution in [0.3, 0.4) is 0 Å². The predicted octanol–water partition coefficient (Wildman–Crippen LogP) is 2.27. The average Bonchev–Trinajstić information content (AvgIpc) is 3.33. The molecule has 1 aliphatic rings. The van der Waals surface area contributed by atoms with E-state index in [1.165, 1.54) is 28.5 Å². The summed E-state index contributed by atoms with van der Waals surface area (Å²) in [6.07, 6.45) is 4.30. The van der Waals surface area contributed by atoms with Crippen molar-refractivity contribution in [3.8, 4) is 0 Å². The summed E-state index contributed by atoms with van der Waals surface area (Å²) in [6, 6.07) is 0.906. The smallest absolute Gasteiger partial charge is 0.339 e. The fourth-order valence-corrected chi connectivity index (χ4v) is 3.52. The molecule has 0 spiro atoms. The van der Waals surface area contributed by atoms with Crippen molar-refractivity contribution in [1.82, 2.24) is 14.9 Å². The number of nitrogens with zero attached hydrogens (tertiary/aromatic N) is 3. The van der Waals surface area contributed by atoms with Crippen molar-refractivity contribution in [3.63, 3.8) is 0 Å². The molecule has 0 aliphatic carbocycles. The summed E-state index contributed by atoms with van der Waals surface area (Å²) in [5.41, 5.74) is 1.02. The van der Waals surface area contributed by atoms with Gasteiger partial charge in [-0.2, -0.15) is 0 Å². The summed E-state index contributed by atoms with van der Waals surface area (Å²) >= 11 is 1.32. The van der Waals surface area contributed by atoms with Gasteiger partial charge in [0, 0.05) is 24.3 Å². The van der Waals surface area contributed by atoms with E-state index in [2.05, 4.69) is 15.3 Å². The topological polar surface area (TPSA) is 101 Å². The number of anilines is 1. The summed E-state index contributed by atoms with van der Waals surface area (Å²) in [5, 5.41) is 5.01. The molecule has 2 amide bonds. The Bertz CT molecular complexity index is 853. The largest absolute Gasteiger partial charge is 0.462 e. The van der Waals surface area contributed by atoms with Gasteiger partial charge in [-0.05, 0) is 32.8 Å². The Morgan fingerprint density at radius 1 is 1.37 bits per heavy atom. The standard InChI is InChI=1S/C18H20N4O4S/c1-3-26-17(25)12-9-13(11(2)20-10-12)16(24)22-7-4-5-14(22)15(23)21-18-19-6-8-27-18/h6,8-10,14H,3-5,7H2,1-2H3,(H,19,21,23)/t14-/m0/s1. The highest BCUT2D eigenvalue weighted by Crippen LogP contribution is 2.23. The molecule has 2 aromatic rings. The molecular weight excluding hydrogens is 368 g/mol. The van der Waals surface area contributed by atoms with E-state index in [1.807, 2.05) is 0 Å². The molecule has 3 rings (SSSR count). The van der Waals surface area contributed by atoms with Gasteiger partial charge in [-0.1, -0.05) is 0 Å². The number of pyridine rings is 1. The van der Waals surface area contributed by atoms with E-state index in [0.717, 1.165) is 6.42 Å². The Hall–Kier alpha value is -2.81. The third-order valence-electron chi connectivity index (χ3n) is 4.31.